The first kappa shape index (κ1) is 16.4. The summed E-state index contributed by atoms with van der Waals surface area (Å²) in [5, 5.41) is 21.0. The molecule has 112 valence electrons. The molecule has 1 aromatic rings. The van der Waals surface area contributed by atoms with Gasteiger partial charge in [0.1, 0.15) is 5.82 Å². The zero-order valence-electron chi connectivity index (χ0n) is 12.8. The van der Waals surface area contributed by atoms with Crippen LogP contribution in [0.15, 0.2) is 12.1 Å². The van der Waals surface area contributed by atoms with Crippen molar-refractivity contribution in [1.82, 2.24) is 15.1 Å². The third kappa shape index (κ3) is 5.13. The molecule has 0 fully saturated rings. The molecular weight excluding hydrogens is 256 g/mol. The van der Waals surface area contributed by atoms with Gasteiger partial charge in [0.2, 0.25) is 0 Å². The van der Waals surface area contributed by atoms with Crippen molar-refractivity contribution in [3.8, 4) is 0 Å². The fourth-order valence-electron chi connectivity index (χ4n) is 2.00. The molecule has 0 saturated carbocycles. The molecule has 0 aliphatic carbocycles. The molecule has 6 nitrogen and oxygen atoms in total. The molecule has 0 aromatic carbocycles. The third-order valence-electron chi connectivity index (χ3n) is 2.79. The number of anilines is 1. The molecule has 20 heavy (non-hydrogen) atoms. The first-order valence-electron chi connectivity index (χ1n) is 6.73. The summed E-state index contributed by atoms with van der Waals surface area (Å²) < 4.78 is 0. The van der Waals surface area contributed by atoms with Gasteiger partial charge in [0, 0.05) is 20.6 Å². The number of nitrogens with zero attached hydrogens (tertiary/aromatic N) is 3. The summed E-state index contributed by atoms with van der Waals surface area (Å²) in [6.45, 7) is 6.31. The van der Waals surface area contributed by atoms with Crippen molar-refractivity contribution < 1.29 is 9.90 Å². The average molecular weight is 280 g/mol. The van der Waals surface area contributed by atoms with E-state index in [1.165, 1.54) is 4.90 Å². The Hall–Kier alpha value is -1.69. The first-order chi connectivity index (χ1) is 9.21. The van der Waals surface area contributed by atoms with Gasteiger partial charge in [0.05, 0.1) is 5.60 Å². The Morgan fingerprint density at radius 1 is 1.40 bits per heavy atom. The second-order valence-corrected chi connectivity index (χ2v) is 5.95. The minimum absolute atomic E-state index is 0.184. The van der Waals surface area contributed by atoms with Crippen LogP contribution in [-0.4, -0.2) is 52.4 Å². The number of nitrogens with one attached hydrogen (secondary N) is 1. The molecule has 6 heteroatoms. The van der Waals surface area contributed by atoms with E-state index in [0.717, 1.165) is 0 Å². The van der Waals surface area contributed by atoms with Gasteiger partial charge in [-0.05, 0) is 31.4 Å². The lowest BCUT2D eigenvalue weighted by atomic mass is 9.94. The van der Waals surface area contributed by atoms with E-state index in [1.54, 1.807) is 33.2 Å². The van der Waals surface area contributed by atoms with Crippen LogP contribution in [0.25, 0.3) is 0 Å². The summed E-state index contributed by atoms with van der Waals surface area (Å²) >= 11 is 0. The standard InChI is InChI=1S/C14H24N4O2/c1-10(2)8-14(3,20)9-15-12-7-6-11(16-17-12)13(19)18(4)5/h6-7,10,20H,8-9H2,1-5H3,(H,15,17). The molecular formula is C14H24N4O2. The lowest BCUT2D eigenvalue weighted by molar-refractivity contribution is 0.0514. The van der Waals surface area contributed by atoms with Crippen LogP contribution in [0, 0.1) is 5.92 Å². The van der Waals surface area contributed by atoms with Gasteiger partial charge in [-0.2, -0.15) is 0 Å². The average Bonchev–Trinajstić information content (AvgIpc) is 2.34. The molecule has 0 bridgehead atoms. The van der Waals surface area contributed by atoms with Gasteiger partial charge >= 0.3 is 0 Å². The van der Waals surface area contributed by atoms with E-state index < -0.39 is 5.60 Å². The van der Waals surface area contributed by atoms with Crippen LogP contribution in [0.2, 0.25) is 0 Å². The largest absolute Gasteiger partial charge is 0.388 e. The fourth-order valence-corrected chi connectivity index (χ4v) is 2.00. The van der Waals surface area contributed by atoms with Crippen molar-refractivity contribution >= 4 is 11.7 Å². The molecule has 1 aromatic heterocycles. The van der Waals surface area contributed by atoms with Gasteiger partial charge in [-0.15, -0.1) is 10.2 Å². The van der Waals surface area contributed by atoms with Crippen molar-refractivity contribution in [2.24, 2.45) is 5.92 Å². The summed E-state index contributed by atoms with van der Waals surface area (Å²) in [5.74, 6) is 0.776. The van der Waals surface area contributed by atoms with E-state index in [-0.39, 0.29) is 5.91 Å². The highest BCUT2D eigenvalue weighted by atomic mass is 16.3. The van der Waals surface area contributed by atoms with E-state index in [1.807, 2.05) is 0 Å². The van der Waals surface area contributed by atoms with Gasteiger partial charge in [0.15, 0.2) is 5.69 Å². The second kappa shape index (κ2) is 6.65. The third-order valence-corrected chi connectivity index (χ3v) is 2.79. The van der Waals surface area contributed by atoms with Crippen LogP contribution in [0.4, 0.5) is 5.82 Å². The molecule has 1 unspecified atom stereocenters. The first-order valence-corrected chi connectivity index (χ1v) is 6.73. The van der Waals surface area contributed by atoms with Crippen LogP contribution in [0.3, 0.4) is 0 Å². The number of amides is 1. The van der Waals surface area contributed by atoms with E-state index in [0.29, 0.717) is 30.4 Å². The van der Waals surface area contributed by atoms with Crippen LogP contribution in [-0.2, 0) is 0 Å². The Morgan fingerprint density at radius 2 is 2.05 bits per heavy atom. The number of carbonyl (C=O) groups excluding carboxylic acids is 1. The number of hydrogen-bond donors (Lipinski definition) is 2. The number of aromatic nitrogens is 2. The van der Waals surface area contributed by atoms with Gasteiger partial charge in [-0.3, -0.25) is 4.79 Å². The summed E-state index contributed by atoms with van der Waals surface area (Å²) in [6, 6.07) is 3.31. The SMILES string of the molecule is CC(C)CC(C)(O)CNc1ccc(C(=O)N(C)C)nn1. The summed E-state index contributed by atoms with van der Waals surface area (Å²) in [5.41, 5.74) is -0.497. The summed E-state index contributed by atoms with van der Waals surface area (Å²) in [6.07, 6.45) is 0.699. The maximum atomic E-state index is 11.7. The Morgan fingerprint density at radius 3 is 2.50 bits per heavy atom. The predicted molar refractivity (Wildman–Crippen MR) is 78.6 cm³/mol. The van der Waals surface area contributed by atoms with E-state index in [4.69, 9.17) is 0 Å². The highest BCUT2D eigenvalue weighted by Crippen LogP contribution is 2.16. The zero-order chi connectivity index (χ0) is 15.3. The van der Waals surface area contributed by atoms with E-state index in [2.05, 4.69) is 29.4 Å². The minimum atomic E-state index is -0.798. The molecule has 0 spiro atoms. The predicted octanol–water partition coefficient (Wildman–Crippen LogP) is 1.39. The zero-order valence-corrected chi connectivity index (χ0v) is 12.8. The van der Waals surface area contributed by atoms with Gasteiger partial charge < -0.3 is 15.3 Å². The monoisotopic (exact) mass is 280 g/mol. The van der Waals surface area contributed by atoms with Gasteiger partial charge in [-0.25, -0.2) is 0 Å². The number of aliphatic hydroxyl groups is 1. The minimum Gasteiger partial charge on any atom is -0.388 e. The Balaban J connectivity index is 2.60. The smallest absolute Gasteiger partial charge is 0.273 e. The quantitative estimate of drug-likeness (QED) is 0.823. The maximum Gasteiger partial charge on any atom is 0.273 e. The van der Waals surface area contributed by atoms with Gasteiger partial charge in [-0.1, -0.05) is 13.8 Å². The van der Waals surface area contributed by atoms with E-state index >= 15 is 0 Å². The Kier molecular flexibility index (Phi) is 5.44. The van der Waals surface area contributed by atoms with Crippen molar-refractivity contribution in [1.29, 1.82) is 0 Å². The Labute approximate surface area is 120 Å². The van der Waals surface area contributed by atoms with E-state index in [9.17, 15) is 9.90 Å². The highest BCUT2D eigenvalue weighted by Gasteiger charge is 2.21. The van der Waals surface area contributed by atoms with Crippen LogP contribution in [0.5, 0.6) is 0 Å². The molecule has 0 aliphatic heterocycles. The van der Waals surface area contributed by atoms with Crippen LogP contribution in [0.1, 0.15) is 37.7 Å². The Bertz CT molecular complexity index is 441. The van der Waals surface area contributed by atoms with Crippen LogP contribution >= 0.6 is 0 Å². The number of rotatable bonds is 6. The van der Waals surface area contributed by atoms with Crippen molar-refractivity contribution in [2.75, 3.05) is 26.0 Å². The molecule has 1 atom stereocenters. The van der Waals surface area contributed by atoms with Gasteiger partial charge in [0.25, 0.3) is 5.91 Å². The molecule has 1 amide bonds. The molecule has 1 heterocycles. The lowest BCUT2D eigenvalue weighted by Crippen LogP contribution is -2.35. The fraction of sp³-hybridized carbons (Fsp3) is 0.643. The lowest BCUT2D eigenvalue weighted by Gasteiger charge is -2.25. The summed E-state index contributed by atoms with van der Waals surface area (Å²) in [4.78, 5) is 13.1. The maximum absolute atomic E-state index is 11.7. The van der Waals surface area contributed by atoms with Crippen molar-refractivity contribution in [3.63, 3.8) is 0 Å². The summed E-state index contributed by atoms with van der Waals surface area (Å²) in [7, 11) is 3.33. The molecule has 2 N–H and O–H groups in total. The number of carbonyl (C=O) groups is 1. The molecule has 0 radical (unpaired) electrons. The molecule has 1 rings (SSSR count). The van der Waals surface area contributed by atoms with Crippen molar-refractivity contribution in [2.45, 2.75) is 32.8 Å². The molecule has 0 aliphatic rings. The second-order valence-electron chi connectivity index (χ2n) is 5.95. The number of hydrogen-bond acceptors (Lipinski definition) is 5. The molecule has 0 saturated heterocycles. The normalized spacial score (nSPS) is 13.9. The van der Waals surface area contributed by atoms with Crippen molar-refractivity contribution in [3.05, 3.63) is 17.8 Å². The highest BCUT2D eigenvalue weighted by molar-refractivity contribution is 5.91. The van der Waals surface area contributed by atoms with Crippen LogP contribution < -0.4 is 5.32 Å². The topological polar surface area (TPSA) is 78.4 Å².